The summed E-state index contributed by atoms with van der Waals surface area (Å²) in [5, 5.41) is 6.35. The lowest BCUT2D eigenvalue weighted by atomic mass is 10.1. The van der Waals surface area contributed by atoms with E-state index in [1.807, 2.05) is 17.5 Å². The molecule has 0 saturated carbocycles. The highest BCUT2D eigenvalue weighted by Gasteiger charge is 2.26. The maximum absolute atomic E-state index is 13.1. The Bertz CT molecular complexity index is 887. The van der Waals surface area contributed by atoms with Crippen molar-refractivity contribution in [3.05, 3.63) is 53.7 Å². The van der Waals surface area contributed by atoms with Crippen LogP contribution in [0, 0.1) is 5.82 Å². The van der Waals surface area contributed by atoms with E-state index in [1.54, 1.807) is 23.5 Å². The highest BCUT2D eigenvalue weighted by molar-refractivity contribution is 7.13. The van der Waals surface area contributed by atoms with Gasteiger partial charge in [-0.1, -0.05) is 0 Å². The Morgan fingerprint density at radius 1 is 1.12 bits per heavy atom. The molecule has 0 aliphatic carbocycles. The molecule has 0 radical (unpaired) electrons. The molecular formula is C19H17FN2OS. The van der Waals surface area contributed by atoms with Gasteiger partial charge in [0.15, 0.2) is 0 Å². The van der Waals surface area contributed by atoms with Crippen LogP contribution in [0.3, 0.4) is 0 Å². The number of nitrogens with zero attached hydrogens (tertiary/aromatic N) is 1. The molecule has 5 heteroatoms. The van der Waals surface area contributed by atoms with Gasteiger partial charge in [0.05, 0.1) is 17.9 Å². The van der Waals surface area contributed by atoms with Crippen molar-refractivity contribution in [3.63, 3.8) is 0 Å². The number of fused-ring (bicyclic) bond motifs is 1. The first-order chi connectivity index (χ1) is 11.5. The maximum atomic E-state index is 13.1. The molecule has 0 bridgehead atoms. The number of benzene rings is 2. The summed E-state index contributed by atoms with van der Waals surface area (Å²) in [5.74, 6) is 0.628. The first-order valence-electron chi connectivity index (χ1n) is 7.79. The molecule has 122 valence electrons. The zero-order chi connectivity index (χ0) is 16.7. The summed E-state index contributed by atoms with van der Waals surface area (Å²) >= 11 is 1.58. The van der Waals surface area contributed by atoms with E-state index in [-0.39, 0.29) is 11.4 Å². The minimum absolute atomic E-state index is 0.203. The number of ether oxygens (including phenoxy) is 1. The van der Waals surface area contributed by atoms with E-state index in [2.05, 4.69) is 30.2 Å². The molecule has 0 unspecified atom stereocenters. The molecule has 3 aromatic rings. The van der Waals surface area contributed by atoms with Crippen molar-refractivity contribution in [1.82, 2.24) is 4.98 Å². The van der Waals surface area contributed by atoms with Crippen LogP contribution in [-0.2, 0) is 0 Å². The van der Waals surface area contributed by atoms with Crippen molar-refractivity contribution in [1.29, 1.82) is 0 Å². The van der Waals surface area contributed by atoms with Crippen LogP contribution in [0.15, 0.2) is 47.8 Å². The van der Waals surface area contributed by atoms with Gasteiger partial charge >= 0.3 is 0 Å². The van der Waals surface area contributed by atoms with Crippen LogP contribution >= 0.6 is 11.3 Å². The van der Waals surface area contributed by atoms with Gasteiger partial charge in [-0.15, -0.1) is 11.3 Å². The second kappa shape index (κ2) is 5.60. The van der Waals surface area contributed by atoms with Crippen LogP contribution in [0.5, 0.6) is 5.75 Å². The predicted octanol–water partition coefficient (Wildman–Crippen LogP) is 5.20. The smallest absolute Gasteiger partial charge is 0.143 e. The Hall–Kier alpha value is -2.40. The Labute approximate surface area is 144 Å². The summed E-state index contributed by atoms with van der Waals surface area (Å²) in [4.78, 5) is 4.69. The summed E-state index contributed by atoms with van der Waals surface area (Å²) < 4.78 is 19.0. The molecule has 2 aromatic carbocycles. The van der Waals surface area contributed by atoms with Gasteiger partial charge in [0.25, 0.3) is 0 Å². The van der Waals surface area contributed by atoms with Crippen molar-refractivity contribution < 1.29 is 9.13 Å². The quantitative estimate of drug-likeness (QED) is 0.696. The average molecular weight is 340 g/mol. The Balaban J connectivity index is 1.64. The molecule has 1 N–H and O–H groups in total. The van der Waals surface area contributed by atoms with E-state index in [9.17, 15) is 4.39 Å². The summed E-state index contributed by atoms with van der Waals surface area (Å²) in [6, 6.07) is 12.5. The molecule has 1 aliphatic heterocycles. The SMILES string of the molecule is CC1(C)CNc2cc(-c3nc(-c4ccc(F)cc4)cs3)ccc2O1. The van der Waals surface area contributed by atoms with Crippen LogP contribution in [0.25, 0.3) is 21.8 Å². The topological polar surface area (TPSA) is 34.2 Å². The molecule has 0 saturated heterocycles. The Morgan fingerprint density at radius 3 is 2.67 bits per heavy atom. The lowest BCUT2D eigenvalue weighted by Crippen LogP contribution is -2.39. The molecule has 24 heavy (non-hydrogen) atoms. The van der Waals surface area contributed by atoms with Gasteiger partial charge in [-0.05, 0) is 56.3 Å². The third-order valence-electron chi connectivity index (χ3n) is 3.96. The van der Waals surface area contributed by atoms with E-state index in [4.69, 9.17) is 4.74 Å². The fraction of sp³-hybridized carbons (Fsp3) is 0.211. The number of rotatable bonds is 2. The van der Waals surface area contributed by atoms with Crippen LogP contribution in [0.2, 0.25) is 0 Å². The van der Waals surface area contributed by atoms with Gasteiger partial charge in [-0.25, -0.2) is 9.37 Å². The van der Waals surface area contributed by atoms with Crippen molar-refractivity contribution in [2.75, 3.05) is 11.9 Å². The normalized spacial score (nSPS) is 15.3. The van der Waals surface area contributed by atoms with Gasteiger partial charge in [-0.2, -0.15) is 0 Å². The van der Waals surface area contributed by atoms with Crippen molar-refractivity contribution in [3.8, 4) is 27.6 Å². The second-order valence-electron chi connectivity index (χ2n) is 6.47. The Morgan fingerprint density at radius 2 is 1.88 bits per heavy atom. The van der Waals surface area contributed by atoms with E-state index >= 15 is 0 Å². The number of anilines is 1. The lowest BCUT2D eigenvalue weighted by molar-refractivity contribution is 0.116. The van der Waals surface area contributed by atoms with Gasteiger partial charge in [0, 0.05) is 16.5 Å². The Kier molecular flexibility index (Phi) is 3.53. The third kappa shape index (κ3) is 2.87. The van der Waals surface area contributed by atoms with Gasteiger partial charge in [0.2, 0.25) is 0 Å². The van der Waals surface area contributed by atoms with E-state index in [1.165, 1.54) is 12.1 Å². The second-order valence-corrected chi connectivity index (χ2v) is 7.33. The fourth-order valence-electron chi connectivity index (χ4n) is 2.69. The average Bonchev–Trinajstić information content (AvgIpc) is 3.04. The number of thiazole rings is 1. The molecule has 1 aromatic heterocycles. The van der Waals surface area contributed by atoms with E-state index in [0.29, 0.717) is 0 Å². The highest BCUT2D eigenvalue weighted by atomic mass is 32.1. The zero-order valence-electron chi connectivity index (χ0n) is 13.5. The van der Waals surface area contributed by atoms with E-state index in [0.717, 1.165) is 39.8 Å². The first-order valence-corrected chi connectivity index (χ1v) is 8.67. The molecule has 0 spiro atoms. The van der Waals surface area contributed by atoms with Crippen molar-refractivity contribution in [2.45, 2.75) is 19.4 Å². The lowest BCUT2D eigenvalue weighted by Gasteiger charge is -2.33. The van der Waals surface area contributed by atoms with Crippen LogP contribution in [0.4, 0.5) is 10.1 Å². The van der Waals surface area contributed by atoms with Crippen molar-refractivity contribution >= 4 is 17.0 Å². The number of halogens is 1. The minimum Gasteiger partial charge on any atom is -0.484 e. The number of hydrogen-bond donors (Lipinski definition) is 1. The van der Waals surface area contributed by atoms with Gasteiger partial charge in [-0.3, -0.25) is 0 Å². The minimum atomic E-state index is -0.238. The van der Waals surface area contributed by atoms with E-state index < -0.39 is 0 Å². The van der Waals surface area contributed by atoms with Crippen LogP contribution in [0.1, 0.15) is 13.8 Å². The number of hydrogen-bond acceptors (Lipinski definition) is 4. The first kappa shape index (κ1) is 15.1. The molecule has 0 amide bonds. The zero-order valence-corrected chi connectivity index (χ0v) is 14.3. The van der Waals surface area contributed by atoms with Gasteiger partial charge < -0.3 is 10.1 Å². The predicted molar refractivity (Wildman–Crippen MR) is 96.1 cm³/mol. The molecule has 0 fully saturated rings. The number of nitrogens with one attached hydrogen (secondary N) is 1. The maximum Gasteiger partial charge on any atom is 0.143 e. The standard InChI is InChI=1S/C19H17FN2OS/c1-19(2)11-21-15-9-13(5-8-17(15)23-19)18-22-16(10-24-18)12-3-6-14(20)7-4-12/h3-10,21H,11H2,1-2H3. The monoisotopic (exact) mass is 340 g/mol. The summed E-state index contributed by atoms with van der Waals surface area (Å²) in [6.07, 6.45) is 0. The fourth-order valence-corrected chi connectivity index (χ4v) is 3.52. The van der Waals surface area contributed by atoms with Gasteiger partial charge in [0.1, 0.15) is 22.2 Å². The summed E-state index contributed by atoms with van der Waals surface area (Å²) in [6.45, 7) is 4.89. The highest BCUT2D eigenvalue weighted by Crippen LogP contribution is 2.37. The molecule has 4 rings (SSSR count). The molecule has 2 heterocycles. The van der Waals surface area contributed by atoms with Crippen molar-refractivity contribution in [2.24, 2.45) is 0 Å². The number of aromatic nitrogens is 1. The summed E-state index contributed by atoms with van der Waals surface area (Å²) in [7, 11) is 0. The van der Waals surface area contributed by atoms with Crippen LogP contribution < -0.4 is 10.1 Å². The molecule has 0 atom stereocenters. The largest absolute Gasteiger partial charge is 0.484 e. The molecular weight excluding hydrogens is 323 g/mol. The molecule has 3 nitrogen and oxygen atoms in total. The summed E-state index contributed by atoms with van der Waals surface area (Å²) in [5.41, 5.74) is 3.61. The third-order valence-corrected chi connectivity index (χ3v) is 4.85. The molecule has 1 aliphatic rings. The van der Waals surface area contributed by atoms with Crippen LogP contribution in [-0.4, -0.2) is 17.1 Å².